The first-order chi connectivity index (χ1) is 17.7. The number of hydrogen-bond donors (Lipinski definition) is 2. The quantitative estimate of drug-likeness (QED) is 0.322. The molecule has 0 aromatic heterocycles. The molecule has 0 aliphatic carbocycles. The molecule has 3 amide bonds. The lowest BCUT2D eigenvalue weighted by Crippen LogP contribution is -2.32. The summed E-state index contributed by atoms with van der Waals surface area (Å²) in [5.41, 5.74) is 3.03. The van der Waals surface area contributed by atoms with E-state index in [0.717, 1.165) is 16.0 Å². The molecular weight excluding hydrogens is 517 g/mol. The summed E-state index contributed by atoms with van der Waals surface area (Å²) >= 11 is 12.2. The highest BCUT2D eigenvalue weighted by Crippen LogP contribution is 2.31. The van der Waals surface area contributed by atoms with Crippen LogP contribution in [0.5, 0.6) is 0 Å². The number of imide groups is 1. The molecule has 10 heteroatoms. The van der Waals surface area contributed by atoms with Gasteiger partial charge >= 0.3 is 5.97 Å². The molecule has 0 radical (unpaired) electrons. The van der Waals surface area contributed by atoms with Gasteiger partial charge in [-0.2, -0.15) is 0 Å². The summed E-state index contributed by atoms with van der Waals surface area (Å²) in [4.78, 5) is 51.0. The van der Waals surface area contributed by atoms with Crippen molar-refractivity contribution in [2.24, 2.45) is 0 Å². The summed E-state index contributed by atoms with van der Waals surface area (Å²) in [6, 6.07) is 18.0. The first-order valence-electron chi connectivity index (χ1n) is 11.1. The van der Waals surface area contributed by atoms with Crippen LogP contribution >= 0.6 is 23.2 Å². The van der Waals surface area contributed by atoms with E-state index in [1.54, 1.807) is 36.4 Å². The van der Waals surface area contributed by atoms with Gasteiger partial charge in [0.05, 0.1) is 24.8 Å². The number of nitrogens with one attached hydrogen (secondary N) is 2. The fraction of sp³-hybridized carbons (Fsp3) is 0.111. The fourth-order valence-electron chi connectivity index (χ4n) is 3.69. The number of nitrogens with zero attached hydrogens (tertiary/aromatic N) is 1. The van der Waals surface area contributed by atoms with Crippen molar-refractivity contribution in [1.82, 2.24) is 0 Å². The maximum atomic E-state index is 13.0. The summed E-state index contributed by atoms with van der Waals surface area (Å²) in [6.45, 7) is 1.87. The van der Waals surface area contributed by atoms with E-state index in [1.165, 1.54) is 31.4 Å². The van der Waals surface area contributed by atoms with Gasteiger partial charge in [0.25, 0.3) is 11.8 Å². The second-order valence-electron chi connectivity index (χ2n) is 8.18. The van der Waals surface area contributed by atoms with Gasteiger partial charge in [-0.15, -0.1) is 0 Å². The predicted octanol–water partition coefficient (Wildman–Crippen LogP) is 5.05. The van der Waals surface area contributed by atoms with Crippen molar-refractivity contribution in [3.05, 3.63) is 99.2 Å². The number of benzene rings is 3. The molecule has 4 rings (SSSR count). The fourth-order valence-corrected chi connectivity index (χ4v) is 4.08. The summed E-state index contributed by atoms with van der Waals surface area (Å²) in [5.74, 6) is -2.20. The number of carbonyl (C=O) groups is 4. The molecule has 0 saturated carbocycles. The van der Waals surface area contributed by atoms with Crippen LogP contribution in [0.25, 0.3) is 0 Å². The van der Waals surface area contributed by atoms with E-state index in [0.29, 0.717) is 16.4 Å². The molecule has 0 bridgehead atoms. The number of anilines is 3. The zero-order chi connectivity index (χ0) is 26.7. The number of amides is 3. The van der Waals surface area contributed by atoms with Crippen LogP contribution in [0.4, 0.5) is 17.1 Å². The Morgan fingerprint density at radius 1 is 0.946 bits per heavy atom. The zero-order valence-corrected chi connectivity index (χ0v) is 21.3. The zero-order valence-electron chi connectivity index (χ0n) is 19.8. The molecule has 0 unspecified atom stereocenters. The number of methoxy groups -OCH3 is 1. The Hall–Kier alpha value is -4.14. The van der Waals surface area contributed by atoms with Gasteiger partial charge in [-0.1, -0.05) is 47.5 Å². The maximum Gasteiger partial charge on any atom is 0.337 e. The normalized spacial score (nSPS) is 13.1. The number of rotatable bonds is 7. The first kappa shape index (κ1) is 25.9. The van der Waals surface area contributed by atoms with Crippen LogP contribution in [-0.4, -0.2) is 30.8 Å². The van der Waals surface area contributed by atoms with Crippen LogP contribution in [0.15, 0.2) is 77.5 Å². The minimum absolute atomic E-state index is 0.0999. The summed E-state index contributed by atoms with van der Waals surface area (Å²) in [7, 11) is 1.24. The van der Waals surface area contributed by atoms with E-state index >= 15 is 0 Å². The van der Waals surface area contributed by atoms with E-state index in [2.05, 4.69) is 10.6 Å². The third kappa shape index (κ3) is 5.66. The number of ether oxygens (including phenoxy) is 1. The number of halogens is 2. The topological polar surface area (TPSA) is 105 Å². The lowest BCUT2D eigenvalue weighted by Gasteiger charge is -2.16. The van der Waals surface area contributed by atoms with Gasteiger partial charge in [-0.3, -0.25) is 14.4 Å². The highest BCUT2D eigenvalue weighted by Gasteiger charge is 2.39. The second-order valence-corrected chi connectivity index (χ2v) is 9.00. The Balaban J connectivity index is 1.44. The molecule has 0 spiro atoms. The van der Waals surface area contributed by atoms with E-state index in [1.807, 2.05) is 13.0 Å². The first-order valence-corrected chi connectivity index (χ1v) is 11.8. The summed E-state index contributed by atoms with van der Waals surface area (Å²) in [5, 5.41) is 5.97. The highest BCUT2D eigenvalue weighted by atomic mass is 35.5. The Morgan fingerprint density at radius 3 is 2.38 bits per heavy atom. The molecule has 0 fully saturated rings. The molecule has 1 aliphatic rings. The number of aryl methyl sites for hydroxylation is 1. The average molecular weight is 538 g/mol. The highest BCUT2D eigenvalue weighted by molar-refractivity contribution is 6.53. The standard InChI is InChI=1S/C27H21Cl2N3O5/c1-15-6-9-18(28)14-21(15)31-22(33)12-16-7-10-19(11-8-16)30-24-23(29)25(34)32(26(24)35)20-5-3-4-17(13-20)27(36)37-2/h3-11,13-14,30H,12H2,1-2H3,(H,31,33). The van der Waals surface area contributed by atoms with Crippen molar-refractivity contribution >= 4 is 64.0 Å². The van der Waals surface area contributed by atoms with Gasteiger partial charge in [-0.25, -0.2) is 9.69 Å². The van der Waals surface area contributed by atoms with E-state index in [4.69, 9.17) is 27.9 Å². The molecule has 2 N–H and O–H groups in total. The maximum absolute atomic E-state index is 13.0. The monoisotopic (exact) mass is 537 g/mol. The van der Waals surface area contributed by atoms with Crippen LogP contribution < -0.4 is 15.5 Å². The van der Waals surface area contributed by atoms with Crippen molar-refractivity contribution in [3.8, 4) is 0 Å². The van der Waals surface area contributed by atoms with E-state index in [-0.39, 0.29) is 34.3 Å². The molecule has 188 valence electrons. The van der Waals surface area contributed by atoms with Crippen LogP contribution in [0.3, 0.4) is 0 Å². The van der Waals surface area contributed by atoms with Crippen molar-refractivity contribution < 1.29 is 23.9 Å². The molecule has 3 aromatic carbocycles. The smallest absolute Gasteiger partial charge is 0.337 e. The molecule has 0 saturated heterocycles. The molecule has 8 nitrogen and oxygen atoms in total. The molecular formula is C27H21Cl2N3O5. The molecule has 3 aromatic rings. The lowest BCUT2D eigenvalue weighted by molar-refractivity contribution is -0.120. The van der Waals surface area contributed by atoms with Crippen molar-refractivity contribution in [2.45, 2.75) is 13.3 Å². The van der Waals surface area contributed by atoms with Crippen LogP contribution in [-0.2, 0) is 25.5 Å². The molecule has 37 heavy (non-hydrogen) atoms. The van der Waals surface area contributed by atoms with Gasteiger partial charge in [0.1, 0.15) is 10.7 Å². The minimum atomic E-state index is -0.721. The van der Waals surface area contributed by atoms with Crippen LogP contribution in [0, 0.1) is 6.92 Å². The summed E-state index contributed by atoms with van der Waals surface area (Å²) < 4.78 is 4.70. The number of carbonyl (C=O) groups excluding carboxylic acids is 4. The van der Waals surface area contributed by atoms with Crippen LogP contribution in [0.2, 0.25) is 5.02 Å². The van der Waals surface area contributed by atoms with Gasteiger partial charge in [0, 0.05) is 16.4 Å². The second kappa shape index (κ2) is 10.9. The van der Waals surface area contributed by atoms with Crippen LogP contribution in [0.1, 0.15) is 21.5 Å². The molecule has 1 aliphatic heterocycles. The van der Waals surface area contributed by atoms with Crippen molar-refractivity contribution in [2.75, 3.05) is 22.6 Å². The Labute approximate surface area is 222 Å². The van der Waals surface area contributed by atoms with Gasteiger partial charge < -0.3 is 15.4 Å². The number of hydrogen-bond acceptors (Lipinski definition) is 6. The van der Waals surface area contributed by atoms with Gasteiger partial charge in [-0.05, 0) is 60.5 Å². The van der Waals surface area contributed by atoms with E-state index < -0.39 is 17.8 Å². The Kier molecular flexibility index (Phi) is 7.61. The third-order valence-electron chi connectivity index (χ3n) is 5.61. The third-order valence-corrected chi connectivity index (χ3v) is 6.20. The Morgan fingerprint density at radius 2 is 1.68 bits per heavy atom. The lowest BCUT2D eigenvalue weighted by atomic mass is 10.1. The number of esters is 1. The molecule has 1 heterocycles. The van der Waals surface area contributed by atoms with Gasteiger partial charge in [0.2, 0.25) is 5.91 Å². The molecule has 0 atom stereocenters. The van der Waals surface area contributed by atoms with E-state index in [9.17, 15) is 19.2 Å². The average Bonchev–Trinajstić information content (AvgIpc) is 3.09. The Bertz CT molecular complexity index is 1450. The minimum Gasteiger partial charge on any atom is -0.465 e. The SMILES string of the molecule is COC(=O)c1cccc(N2C(=O)C(Cl)=C(Nc3ccc(CC(=O)Nc4cc(Cl)ccc4C)cc3)C2=O)c1. The predicted molar refractivity (Wildman–Crippen MR) is 142 cm³/mol. The van der Waals surface area contributed by atoms with Crippen molar-refractivity contribution in [3.63, 3.8) is 0 Å². The largest absolute Gasteiger partial charge is 0.465 e. The summed E-state index contributed by atoms with van der Waals surface area (Å²) in [6.07, 6.45) is 0.122. The van der Waals surface area contributed by atoms with Gasteiger partial charge in [0.15, 0.2) is 0 Å². The van der Waals surface area contributed by atoms with Crippen molar-refractivity contribution in [1.29, 1.82) is 0 Å².